The van der Waals surface area contributed by atoms with Gasteiger partial charge < -0.3 is 30.4 Å². The van der Waals surface area contributed by atoms with Crippen molar-refractivity contribution in [3.63, 3.8) is 0 Å². The second-order valence-corrected chi connectivity index (χ2v) is 11.6. The first-order valence-electron chi connectivity index (χ1n) is 13.3. The Morgan fingerprint density at radius 3 is 2.40 bits per heavy atom. The highest BCUT2D eigenvalue weighted by Crippen LogP contribution is 2.19. The minimum Gasteiger partial charge on any atom is -0.467 e. The molecule has 1 aromatic carbocycles. The average molecular weight is 575 g/mol. The monoisotopic (exact) mass is 574 g/mol. The van der Waals surface area contributed by atoms with E-state index in [-0.39, 0.29) is 12.2 Å². The van der Waals surface area contributed by atoms with Crippen molar-refractivity contribution >= 4 is 46.5 Å². The lowest BCUT2D eigenvalue weighted by Crippen LogP contribution is -2.56. The molecule has 0 radical (unpaired) electrons. The van der Waals surface area contributed by atoms with Crippen LogP contribution in [0.15, 0.2) is 42.1 Å². The van der Waals surface area contributed by atoms with Crippen LogP contribution in [0.1, 0.15) is 53.5 Å². The van der Waals surface area contributed by atoms with Crippen LogP contribution in [0, 0.1) is 0 Å². The van der Waals surface area contributed by atoms with Gasteiger partial charge in [0.2, 0.25) is 11.8 Å². The second kappa shape index (κ2) is 15.4. The highest BCUT2D eigenvalue weighted by Gasteiger charge is 2.29. The van der Waals surface area contributed by atoms with Crippen molar-refractivity contribution in [1.29, 1.82) is 0 Å². The Morgan fingerprint density at radius 2 is 1.75 bits per heavy atom. The minimum atomic E-state index is -0.988. The number of rotatable bonds is 13. The number of allylic oxidation sites excluding steroid dienone is 1. The summed E-state index contributed by atoms with van der Waals surface area (Å²) < 4.78 is 10.2. The lowest BCUT2D eigenvalue weighted by molar-refractivity contribution is -0.145. The van der Waals surface area contributed by atoms with Crippen LogP contribution in [0.5, 0.6) is 0 Å². The molecule has 0 fully saturated rings. The number of nitrogens with one attached hydrogen (secondary N) is 4. The van der Waals surface area contributed by atoms with Crippen LogP contribution in [-0.2, 0) is 30.3 Å². The Labute approximate surface area is 240 Å². The molecule has 0 aliphatic heterocycles. The van der Waals surface area contributed by atoms with E-state index in [1.54, 1.807) is 27.0 Å². The fourth-order valence-electron chi connectivity index (χ4n) is 3.70. The van der Waals surface area contributed by atoms with Gasteiger partial charge in [-0.05, 0) is 52.7 Å². The van der Waals surface area contributed by atoms with E-state index in [4.69, 9.17) is 9.47 Å². The standard InChI is InChI=1S/C29H42N4O6S/c1-8-18(2)13-14-40-17-24(33-28(37)39-29(4,5)6)26(35)31-19(3)25(34)32-23(27(36)38-7)15-20-16-30-22-12-10-9-11-21(20)22/h9-13,16,19,23-24,30H,8,14-15,17H2,1-7H3,(H,31,35)(H,32,34)(H,33,37)/t19-,23-,24-/m0/s1. The normalized spacial score (nSPS) is 14.1. The first-order valence-corrected chi connectivity index (χ1v) is 14.5. The molecule has 10 nitrogen and oxygen atoms in total. The number of alkyl carbamates (subject to hydrolysis) is 1. The Hall–Kier alpha value is -3.47. The molecule has 3 atom stereocenters. The number of benzene rings is 1. The van der Waals surface area contributed by atoms with E-state index in [0.717, 1.165) is 22.9 Å². The summed E-state index contributed by atoms with van der Waals surface area (Å²) in [5.41, 5.74) is 2.25. The maximum atomic E-state index is 13.1. The number of methoxy groups -OCH3 is 1. The van der Waals surface area contributed by atoms with Gasteiger partial charge in [-0.3, -0.25) is 9.59 Å². The number of aromatic nitrogens is 1. The van der Waals surface area contributed by atoms with Crippen molar-refractivity contribution in [2.75, 3.05) is 18.6 Å². The third-order valence-corrected chi connectivity index (χ3v) is 7.02. The minimum absolute atomic E-state index is 0.202. The fourth-order valence-corrected chi connectivity index (χ4v) is 4.71. The summed E-state index contributed by atoms with van der Waals surface area (Å²) in [6.07, 6.45) is 4.27. The van der Waals surface area contributed by atoms with E-state index in [9.17, 15) is 19.2 Å². The van der Waals surface area contributed by atoms with Crippen LogP contribution in [0.25, 0.3) is 10.9 Å². The van der Waals surface area contributed by atoms with E-state index in [2.05, 4.69) is 33.9 Å². The molecular formula is C29H42N4O6S. The second-order valence-electron chi connectivity index (χ2n) is 10.5. The molecule has 0 spiro atoms. The lowest BCUT2D eigenvalue weighted by Gasteiger charge is -2.25. The number of H-pyrrole nitrogens is 1. The molecule has 0 saturated heterocycles. The first kappa shape index (κ1) is 32.7. The number of hydrogen-bond acceptors (Lipinski definition) is 7. The number of carbonyl (C=O) groups is 4. The van der Waals surface area contributed by atoms with Crippen molar-refractivity contribution in [3.8, 4) is 0 Å². The van der Waals surface area contributed by atoms with Crippen molar-refractivity contribution in [1.82, 2.24) is 20.9 Å². The van der Waals surface area contributed by atoms with Gasteiger partial charge in [-0.2, -0.15) is 11.8 Å². The number of amides is 3. The summed E-state index contributed by atoms with van der Waals surface area (Å²) in [7, 11) is 1.25. The predicted octanol–water partition coefficient (Wildman–Crippen LogP) is 3.86. The highest BCUT2D eigenvalue weighted by molar-refractivity contribution is 7.99. The van der Waals surface area contributed by atoms with E-state index in [1.165, 1.54) is 31.4 Å². The third kappa shape index (κ3) is 10.6. The number of fused-ring (bicyclic) bond motifs is 1. The SMILES string of the molecule is CCC(C)=CCSC[C@H](NC(=O)OC(C)(C)C)C(=O)N[C@@H](C)C(=O)N[C@@H](Cc1c[nH]c2ccccc12)C(=O)OC. The quantitative estimate of drug-likeness (QED) is 0.162. The summed E-state index contributed by atoms with van der Waals surface area (Å²) in [5, 5.41) is 8.89. The lowest BCUT2D eigenvalue weighted by atomic mass is 10.0. The van der Waals surface area contributed by atoms with Crippen LogP contribution >= 0.6 is 11.8 Å². The number of thioether (sulfide) groups is 1. The zero-order valence-electron chi connectivity index (χ0n) is 24.4. The van der Waals surface area contributed by atoms with Gasteiger partial charge in [-0.25, -0.2) is 9.59 Å². The molecule has 0 aliphatic carbocycles. The Bertz CT molecular complexity index is 1200. The smallest absolute Gasteiger partial charge is 0.408 e. The van der Waals surface area contributed by atoms with Gasteiger partial charge in [0.15, 0.2) is 0 Å². The fraction of sp³-hybridized carbons (Fsp3) is 0.517. The van der Waals surface area contributed by atoms with Crippen molar-refractivity contribution in [2.24, 2.45) is 0 Å². The van der Waals surface area contributed by atoms with Crippen LogP contribution in [0.2, 0.25) is 0 Å². The number of carbonyl (C=O) groups excluding carboxylic acids is 4. The predicted molar refractivity (Wildman–Crippen MR) is 158 cm³/mol. The highest BCUT2D eigenvalue weighted by atomic mass is 32.2. The van der Waals surface area contributed by atoms with Crippen LogP contribution < -0.4 is 16.0 Å². The average Bonchev–Trinajstić information content (AvgIpc) is 3.30. The van der Waals surface area contributed by atoms with Crippen molar-refractivity contribution in [3.05, 3.63) is 47.7 Å². The summed E-state index contributed by atoms with van der Waals surface area (Å²) in [6.45, 7) is 10.8. The Kier molecular flexibility index (Phi) is 12.6. The van der Waals surface area contributed by atoms with Crippen molar-refractivity contribution < 1.29 is 28.7 Å². The first-order chi connectivity index (χ1) is 18.8. The van der Waals surface area contributed by atoms with Gasteiger partial charge in [-0.1, -0.05) is 36.8 Å². The Balaban J connectivity index is 2.07. The van der Waals surface area contributed by atoms with E-state index in [0.29, 0.717) is 5.75 Å². The number of ether oxygens (including phenoxy) is 2. The maximum Gasteiger partial charge on any atom is 0.408 e. The van der Waals surface area contributed by atoms with Crippen LogP contribution in [0.4, 0.5) is 4.79 Å². The van der Waals surface area contributed by atoms with E-state index < -0.39 is 47.6 Å². The summed E-state index contributed by atoms with van der Waals surface area (Å²) in [5.74, 6) is -0.756. The zero-order chi connectivity index (χ0) is 29.9. The molecule has 220 valence electrons. The van der Waals surface area contributed by atoms with E-state index >= 15 is 0 Å². The van der Waals surface area contributed by atoms with Gasteiger partial charge in [0.25, 0.3) is 0 Å². The molecule has 0 aliphatic rings. The zero-order valence-corrected chi connectivity index (χ0v) is 25.2. The van der Waals surface area contributed by atoms with Gasteiger partial charge in [-0.15, -0.1) is 0 Å². The molecule has 3 amide bonds. The topological polar surface area (TPSA) is 139 Å². The molecule has 0 bridgehead atoms. The van der Waals surface area contributed by atoms with Gasteiger partial charge in [0, 0.05) is 35.0 Å². The number of hydrogen-bond donors (Lipinski definition) is 4. The van der Waals surface area contributed by atoms with Gasteiger partial charge in [0.05, 0.1) is 7.11 Å². The van der Waals surface area contributed by atoms with Gasteiger partial charge >= 0.3 is 12.1 Å². The number of para-hydroxylation sites is 1. The van der Waals surface area contributed by atoms with E-state index in [1.807, 2.05) is 31.2 Å². The molecule has 2 rings (SSSR count). The summed E-state index contributed by atoms with van der Waals surface area (Å²) >= 11 is 1.48. The molecule has 40 heavy (non-hydrogen) atoms. The molecule has 2 aromatic rings. The molecule has 0 saturated carbocycles. The van der Waals surface area contributed by atoms with Crippen molar-refractivity contribution in [2.45, 2.75) is 78.1 Å². The summed E-state index contributed by atoms with van der Waals surface area (Å²) in [6, 6.07) is 4.75. The largest absolute Gasteiger partial charge is 0.467 e. The number of esters is 1. The van der Waals surface area contributed by atoms with Gasteiger partial charge in [0.1, 0.15) is 23.7 Å². The third-order valence-electron chi connectivity index (χ3n) is 6.05. The molecule has 4 N–H and O–H groups in total. The molecule has 0 unspecified atom stereocenters. The molecule has 1 heterocycles. The molecule has 11 heteroatoms. The maximum absolute atomic E-state index is 13.1. The number of aromatic amines is 1. The summed E-state index contributed by atoms with van der Waals surface area (Å²) in [4.78, 5) is 54.2. The van der Waals surface area contributed by atoms with Crippen LogP contribution in [0.3, 0.4) is 0 Å². The molecule has 1 aromatic heterocycles. The molecular weight excluding hydrogens is 532 g/mol. The van der Waals surface area contributed by atoms with Crippen LogP contribution in [-0.4, -0.2) is 71.2 Å². The Morgan fingerprint density at radius 1 is 1.05 bits per heavy atom.